The van der Waals surface area contributed by atoms with Gasteiger partial charge in [-0.2, -0.15) is 5.26 Å². The Morgan fingerprint density at radius 3 is 1.09 bits per heavy atom. The Morgan fingerprint density at radius 1 is 0.268 bits per heavy atom. The smallest absolute Gasteiger partial charge is 0.165 e. The van der Waals surface area contributed by atoms with Gasteiger partial charge in [0.25, 0.3) is 0 Å². The van der Waals surface area contributed by atoms with Gasteiger partial charge in [-0.05, 0) is 40.5 Å². The van der Waals surface area contributed by atoms with Crippen LogP contribution in [-0.4, -0.2) is 29.9 Å². The Morgan fingerprint density at radius 2 is 0.589 bits per heavy atom. The van der Waals surface area contributed by atoms with E-state index in [9.17, 15) is 5.26 Å². The molecule has 0 fully saturated rings. The van der Waals surface area contributed by atoms with Crippen molar-refractivity contribution in [1.82, 2.24) is 29.9 Å². The van der Waals surface area contributed by atoms with Gasteiger partial charge in [-0.1, -0.05) is 170 Å². The third-order valence-corrected chi connectivity index (χ3v) is 9.47. The van der Waals surface area contributed by atoms with Crippen LogP contribution in [0.15, 0.2) is 188 Å². The van der Waals surface area contributed by atoms with Crippen LogP contribution in [0.5, 0.6) is 0 Å². The number of aromatic nitrogens is 6. The first-order chi connectivity index (χ1) is 27.7. The Labute approximate surface area is 324 Å². The molecular formula is C49H31N7. The van der Waals surface area contributed by atoms with Crippen molar-refractivity contribution in [3.8, 4) is 96.7 Å². The number of hydrogen-bond donors (Lipinski definition) is 0. The van der Waals surface area contributed by atoms with Gasteiger partial charge >= 0.3 is 0 Å². The predicted octanol–water partition coefficient (Wildman–Crippen LogP) is 11.3. The molecule has 2 aromatic heterocycles. The van der Waals surface area contributed by atoms with Crippen molar-refractivity contribution >= 4 is 0 Å². The van der Waals surface area contributed by atoms with E-state index in [1.54, 1.807) is 6.07 Å². The molecule has 0 bridgehead atoms. The molecule has 0 atom stereocenters. The molecule has 0 N–H and O–H groups in total. The van der Waals surface area contributed by atoms with Crippen LogP contribution in [0.4, 0.5) is 0 Å². The van der Waals surface area contributed by atoms with Crippen LogP contribution in [0.3, 0.4) is 0 Å². The molecule has 0 unspecified atom stereocenters. The average Bonchev–Trinajstić information content (AvgIpc) is 3.29. The standard InChI is InChI=1S/C49H31N7/c50-32-42-19-10-11-22-43(42)49-55-45(37-17-8-3-9-18-37)54-48(56-49)41-21-12-20-40(31-41)35-25-29-39(30-26-35)47-52-44(36-15-6-2-7-16-36)51-46(53-47)38-27-23-34(24-28-38)33-13-4-1-5-14-33/h1-31H. The van der Waals surface area contributed by atoms with Crippen LogP contribution in [0.25, 0.3) is 90.6 Å². The molecule has 0 aliphatic carbocycles. The van der Waals surface area contributed by atoms with E-state index in [2.05, 4.69) is 66.7 Å². The highest BCUT2D eigenvalue weighted by molar-refractivity contribution is 5.76. The van der Waals surface area contributed by atoms with Crippen LogP contribution in [0.2, 0.25) is 0 Å². The van der Waals surface area contributed by atoms with E-state index in [0.29, 0.717) is 46.1 Å². The molecular weight excluding hydrogens is 687 g/mol. The maximum absolute atomic E-state index is 9.85. The van der Waals surface area contributed by atoms with Crippen molar-refractivity contribution in [3.05, 3.63) is 194 Å². The van der Waals surface area contributed by atoms with E-state index in [0.717, 1.165) is 50.1 Å². The molecule has 0 radical (unpaired) electrons. The van der Waals surface area contributed by atoms with Crippen LogP contribution in [0, 0.1) is 11.3 Å². The fourth-order valence-corrected chi connectivity index (χ4v) is 6.56. The Kier molecular flexibility index (Phi) is 9.18. The minimum atomic E-state index is 0.444. The minimum Gasteiger partial charge on any atom is -0.208 e. The first kappa shape index (κ1) is 33.9. The Bertz CT molecular complexity index is 2840. The lowest BCUT2D eigenvalue weighted by Crippen LogP contribution is -2.01. The molecule has 0 saturated heterocycles. The summed E-state index contributed by atoms with van der Waals surface area (Å²) in [4.78, 5) is 29.4. The van der Waals surface area contributed by atoms with Crippen LogP contribution in [-0.2, 0) is 0 Å². The van der Waals surface area contributed by atoms with Gasteiger partial charge in [-0.15, -0.1) is 0 Å². The predicted molar refractivity (Wildman–Crippen MR) is 221 cm³/mol. The molecule has 9 aromatic rings. The lowest BCUT2D eigenvalue weighted by atomic mass is 10.0. The van der Waals surface area contributed by atoms with Gasteiger partial charge in [-0.3, -0.25) is 0 Å². The van der Waals surface area contributed by atoms with E-state index in [1.165, 1.54) is 0 Å². The van der Waals surface area contributed by atoms with Gasteiger partial charge in [0, 0.05) is 33.4 Å². The zero-order valence-corrected chi connectivity index (χ0v) is 30.0. The highest BCUT2D eigenvalue weighted by Gasteiger charge is 2.16. The zero-order valence-electron chi connectivity index (χ0n) is 30.0. The highest BCUT2D eigenvalue weighted by atomic mass is 15.0. The lowest BCUT2D eigenvalue weighted by molar-refractivity contribution is 1.07. The highest BCUT2D eigenvalue weighted by Crippen LogP contribution is 2.31. The maximum atomic E-state index is 9.85. The summed E-state index contributed by atoms with van der Waals surface area (Å²) in [5, 5.41) is 9.85. The van der Waals surface area contributed by atoms with Gasteiger partial charge in [0.2, 0.25) is 0 Å². The summed E-state index contributed by atoms with van der Waals surface area (Å²) >= 11 is 0. The topological polar surface area (TPSA) is 101 Å². The molecule has 7 nitrogen and oxygen atoms in total. The molecule has 0 saturated carbocycles. The Hall–Kier alpha value is -7.95. The molecule has 0 aliphatic rings. The molecule has 56 heavy (non-hydrogen) atoms. The van der Waals surface area contributed by atoms with Crippen molar-refractivity contribution in [3.63, 3.8) is 0 Å². The van der Waals surface area contributed by atoms with Gasteiger partial charge in [0.1, 0.15) is 0 Å². The molecule has 0 aliphatic heterocycles. The first-order valence-corrected chi connectivity index (χ1v) is 18.2. The molecule has 0 amide bonds. The van der Waals surface area contributed by atoms with Crippen molar-refractivity contribution < 1.29 is 0 Å². The van der Waals surface area contributed by atoms with E-state index >= 15 is 0 Å². The molecule has 7 heteroatoms. The van der Waals surface area contributed by atoms with Crippen molar-refractivity contribution in [2.45, 2.75) is 0 Å². The second-order valence-electron chi connectivity index (χ2n) is 13.1. The normalized spacial score (nSPS) is 10.8. The Balaban J connectivity index is 1.07. The SMILES string of the molecule is N#Cc1ccccc1-c1nc(-c2ccccc2)nc(-c2cccc(-c3ccc(-c4nc(-c5ccccc5)nc(-c5ccc(-c6ccccc6)cc5)n4)cc3)c2)n1. The van der Waals surface area contributed by atoms with Gasteiger partial charge in [0.05, 0.1) is 11.6 Å². The molecule has 0 spiro atoms. The van der Waals surface area contributed by atoms with E-state index in [-0.39, 0.29) is 0 Å². The molecule has 2 heterocycles. The quantitative estimate of drug-likeness (QED) is 0.154. The summed E-state index contributed by atoms with van der Waals surface area (Å²) < 4.78 is 0. The lowest BCUT2D eigenvalue weighted by Gasteiger charge is -2.11. The number of nitrogens with zero attached hydrogens (tertiary/aromatic N) is 7. The second-order valence-corrected chi connectivity index (χ2v) is 13.1. The second kappa shape index (κ2) is 15.2. The fraction of sp³-hybridized carbons (Fsp3) is 0. The largest absolute Gasteiger partial charge is 0.208 e. The minimum absolute atomic E-state index is 0.444. The third kappa shape index (κ3) is 7.06. The van der Waals surface area contributed by atoms with E-state index in [1.807, 2.05) is 121 Å². The van der Waals surface area contributed by atoms with Gasteiger partial charge in [0.15, 0.2) is 34.9 Å². The van der Waals surface area contributed by atoms with Crippen molar-refractivity contribution in [2.24, 2.45) is 0 Å². The summed E-state index contributed by atoms with van der Waals surface area (Å²) in [5.41, 5.74) is 9.83. The monoisotopic (exact) mass is 717 g/mol. The summed E-state index contributed by atoms with van der Waals surface area (Å²) in [6, 6.07) is 64.4. The summed E-state index contributed by atoms with van der Waals surface area (Å²) in [6.07, 6.45) is 0. The maximum Gasteiger partial charge on any atom is 0.165 e. The van der Waals surface area contributed by atoms with Crippen LogP contribution >= 0.6 is 0 Å². The summed E-state index contributed by atoms with van der Waals surface area (Å²) in [5.74, 6) is 3.30. The zero-order chi connectivity index (χ0) is 37.7. The van der Waals surface area contributed by atoms with Gasteiger partial charge < -0.3 is 0 Å². The number of hydrogen-bond acceptors (Lipinski definition) is 7. The van der Waals surface area contributed by atoms with E-state index in [4.69, 9.17) is 29.9 Å². The molecule has 262 valence electrons. The third-order valence-electron chi connectivity index (χ3n) is 9.47. The van der Waals surface area contributed by atoms with Crippen molar-refractivity contribution in [2.75, 3.05) is 0 Å². The number of benzene rings is 7. The van der Waals surface area contributed by atoms with Gasteiger partial charge in [-0.25, -0.2) is 29.9 Å². The summed E-state index contributed by atoms with van der Waals surface area (Å²) in [6.45, 7) is 0. The average molecular weight is 718 g/mol. The summed E-state index contributed by atoms with van der Waals surface area (Å²) in [7, 11) is 0. The van der Waals surface area contributed by atoms with Crippen LogP contribution in [0.1, 0.15) is 5.56 Å². The fourth-order valence-electron chi connectivity index (χ4n) is 6.56. The molecule has 9 rings (SSSR count). The van der Waals surface area contributed by atoms with E-state index < -0.39 is 0 Å². The number of rotatable bonds is 8. The molecule has 7 aromatic carbocycles. The van der Waals surface area contributed by atoms with Crippen molar-refractivity contribution in [1.29, 1.82) is 5.26 Å². The number of nitriles is 1. The first-order valence-electron chi connectivity index (χ1n) is 18.2. The van der Waals surface area contributed by atoms with Crippen LogP contribution < -0.4 is 0 Å².